The summed E-state index contributed by atoms with van der Waals surface area (Å²) in [4.78, 5) is 0. The fraction of sp³-hybridized carbons (Fsp3) is 1.00. The fourth-order valence-electron chi connectivity index (χ4n) is 2.54. The van der Waals surface area contributed by atoms with E-state index in [1.54, 1.807) is 0 Å². The third-order valence-electron chi connectivity index (χ3n) is 4.98. The molecule has 20 heavy (non-hydrogen) atoms. The second-order valence-electron chi connectivity index (χ2n) is 7.82. The van der Waals surface area contributed by atoms with Crippen LogP contribution in [-0.4, -0.2) is 19.7 Å². The van der Waals surface area contributed by atoms with Crippen LogP contribution in [0.15, 0.2) is 4.36 Å². The van der Waals surface area contributed by atoms with Gasteiger partial charge in [-0.2, -0.15) is 0 Å². The summed E-state index contributed by atoms with van der Waals surface area (Å²) in [5.74, 6) is 1.02. The molecule has 3 heteroatoms. The smallest absolute Gasteiger partial charge is 0.0674 e. The van der Waals surface area contributed by atoms with E-state index < -0.39 is 9.73 Å². The quantitative estimate of drug-likeness (QED) is 0.636. The summed E-state index contributed by atoms with van der Waals surface area (Å²) in [7, 11) is -2.25. The minimum atomic E-state index is -2.25. The van der Waals surface area contributed by atoms with E-state index in [0.29, 0.717) is 11.8 Å². The Hall–Kier alpha value is -0.0500. The Bertz CT molecular complexity index is 411. The molecule has 122 valence electrons. The van der Waals surface area contributed by atoms with Crippen molar-refractivity contribution >= 4 is 9.73 Å². The Morgan fingerprint density at radius 3 is 1.70 bits per heavy atom. The molecule has 0 saturated heterocycles. The van der Waals surface area contributed by atoms with Crippen LogP contribution in [0, 0.1) is 11.8 Å². The summed E-state index contributed by atoms with van der Waals surface area (Å²) in [5, 5.41) is 0.130. The van der Waals surface area contributed by atoms with Gasteiger partial charge in [-0.3, -0.25) is 0 Å². The second-order valence-corrected chi connectivity index (χ2v) is 11.2. The van der Waals surface area contributed by atoms with Crippen molar-refractivity contribution in [3.05, 3.63) is 0 Å². The van der Waals surface area contributed by atoms with Gasteiger partial charge in [0, 0.05) is 10.00 Å². The van der Waals surface area contributed by atoms with E-state index in [2.05, 4.69) is 69.2 Å². The SMILES string of the molecule is CCC(C)C(C)C(C)(C)N=S(=O)(C(C)CC)C(C)(C)C. The van der Waals surface area contributed by atoms with Crippen molar-refractivity contribution in [3.63, 3.8) is 0 Å². The molecule has 4 unspecified atom stereocenters. The monoisotopic (exact) mass is 303 g/mol. The molecule has 0 amide bonds. The molecule has 0 aliphatic rings. The topological polar surface area (TPSA) is 29.4 Å². The van der Waals surface area contributed by atoms with Gasteiger partial charge in [0.25, 0.3) is 0 Å². The summed E-state index contributed by atoms with van der Waals surface area (Å²) in [6.45, 7) is 21.4. The maximum absolute atomic E-state index is 13.6. The van der Waals surface area contributed by atoms with E-state index in [4.69, 9.17) is 4.36 Å². The minimum absolute atomic E-state index is 0.130. The molecule has 0 aromatic carbocycles. The van der Waals surface area contributed by atoms with Crippen LogP contribution in [-0.2, 0) is 9.73 Å². The summed E-state index contributed by atoms with van der Waals surface area (Å²) in [6.07, 6.45) is 2.05. The molecule has 0 rings (SSSR count). The number of hydrogen-bond acceptors (Lipinski definition) is 2. The van der Waals surface area contributed by atoms with Gasteiger partial charge >= 0.3 is 0 Å². The fourth-order valence-corrected chi connectivity index (χ4v) is 5.52. The maximum Gasteiger partial charge on any atom is 0.0674 e. The van der Waals surface area contributed by atoms with Gasteiger partial charge < -0.3 is 0 Å². The zero-order valence-corrected chi connectivity index (χ0v) is 16.2. The second kappa shape index (κ2) is 6.81. The molecule has 0 aromatic rings. The van der Waals surface area contributed by atoms with E-state index >= 15 is 0 Å². The van der Waals surface area contributed by atoms with Gasteiger partial charge in [-0.05, 0) is 59.8 Å². The van der Waals surface area contributed by atoms with Crippen molar-refractivity contribution in [1.82, 2.24) is 0 Å². The lowest BCUT2D eigenvalue weighted by Gasteiger charge is -2.37. The molecule has 0 spiro atoms. The van der Waals surface area contributed by atoms with Gasteiger partial charge in [0.1, 0.15) is 0 Å². The van der Waals surface area contributed by atoms with E-state index in [1.807, 2.05) is 0 Å². The molecule has 0 N–H and O–H groups in total. The zero-order chi connectivity index (χ0) is 16.4. The number of nitrogens with zero attached hydrogens (tertiary/aromatic N) is 1. The van der Waals surface area contributed by atoms with Crippen molar-refractivity contribution in [3.8, 4) is 0 Å². The molecule has 0 aromatic heterocycles. The lowest BCUT2D eigenvalue weighted by atomic mass is 9.80. The third kappa shape index (κ3) is 4.22. The predicted octanol–water partition coefficient (Wildman–Crippen LogP) is 5.51. The van der Waals surface area contributed by atoms with Gasteiger partial charge in [0.2, 0.25) is 0 Å². The Morgan fingerprint density at radius 2 is 1.40 bits per heavy atom. The van der Waals surface area contributed by atoms with Gasteiger partial charge in [-0.25, -0.2) is 8.57 Å². The van der Waals surface area contributed by atoms with E-state index in [9.17, 15) is 4.21 Å². The molecular weight excluding hydrogens is 266 g/mol. The van der Waals surface area contributed by atoms with Crippen molar-refractivity contribution in [2.24, 2.45) is 16.2 Å². The Balaban J connectivity index is 5.90. The van der Waals surface area contributed by atoms with Crippen molar-refractivity contribution in [2.45, 2.75) is 97.6 Å². The number of hydrogen-bond donors (Lipinski definition) is 0. The molecule has 2 nitrogen and oxygen atoms in total. The molecule has 0 fully saturated rings. The predicted molar refractivity (Wildman–Crippen MR) is 92.8 cm³/mol. The van der Waals surface area contributed by atoms with Crippen LogP contribution < -0.4 is 0 Å². The van der Waals surface area contributed by atoms with Crippen LogP contribution in [0.2, 0.25) is 0 Å². The van der Waals surface area contributed by atoms with Crippen LogP contribution in [0.1, 0.15) is 82.1 Å². The van der Waals surface area contributed by atoms with E-state index in [-0.39, 0.29) is 15.5 Å². The Morgan fingerprint density at radius 1 is 0.950 bits per heavy atom. The van der Waals surface area contributed by atoms with E-state index in [1.165, 1.54) is 0 Å². The van der Waals surface area contributed by atoms with Crippen LogP contribution in [0.5, 0.6) is 0 Å². The average molecular weight is 304 g/mol. The molecular formula is C17H37NOS. The molecule has 0 heterocycles. The Kier molecular flexibility index (Phi) is 6.79. The van der Waals surface area contributed by atoms with Crippen molar-refractivity contribution in [2.75, 3.05) is 0 Å². The highest BCUT2D eigenvalue weighted by Crippen LogP contribution is 2.35. The van der Waals surface area contributed by atoms with E-state index in [0.717, 1.165) is 12.8 Å². The first-order chi connectivity index (χ1) is 8.83. The molecule has 0 saturated carbocycles. The average Bonchev–Trinajstić information content (AvgIpc) is 2.33. The first-order valence-electron chi connectivity index (χ1n) is 8.10. The largest absolute Gasteiger partial charge is 0.249 e. The summed E-state index contributed by atoms with van der Waals surface area (Å²) < 4.78 is 18.3. The van der Waals surface area contributed by atoms with Gasteiger partial charge in [-0.1, -0.05) is 34.1 Å². The first kappa shape index (κ1) is 19.9. The van der Waals surface area contributed by atoms with Crippen LogP contribution >= 0.6 is 0 Å². The van der Waals surface area contributed by atoms with Crippen LogP contribution in [0.4, 0.5) is 0 Å². The van der Waals surface area contributed by atoms with Crippen molar-refractivity contribution < 1.29 is 4.21 Å². The lowest BCUT2D eigenvalue weighted by molar-refractivity contribution is 0.250. The highest BCUT2D eigenvalue weighted by atomic mass is 32.2. The minimum Gasteiger partial charge on any atom is -0.249 e. The molecule has 0 aliphatic heterocycles. The van der Waals surface area contributed by atoms with Gasteiger partial charge in [0.05, 0.1) is 15.3 Å². The molecule has 0 radical (unpaired) electrons. The lowest BCUT2D eigenvalue weighted by Crippen LogP contribution is -2.40. The standard InChI is InChI=1S/C17H37NOS/c1-11-13(3)15(5)17(9,10)18-20(19,14(4)12-2)16(6,7)8/h13-15H,11-12H2,1-10H3. The zero-order valence-electron chi connectivity index (χ0n) is 15.4. The summed E-state index contributed by atoms with van der Waals surface area (Å²) in [5.41, 5.74) is -0.247. The van der Waals surface area contributed by atoms with Gasteiger partial charge in [-0.15, -0.1) is 0 Å². The Labute approximate surface area is 128 Å². The highest BCUT2D eigenvalue weighted by Gasteiger charge is 2.37. The van der Waals surface area contributed by atoms with Gasteiger partial charge in [0.15, 0.2) is 0 Å². The number of rotatable bonds is 6. The molecule has 4 atom stereocenters. The third-order valence-corrected chi connectivity index (χ3v) is 8.90. The molecule has 0 bridgehead atoms. The van der Waals surface area contributed by atoms with Crippen LogP contribution in [0.3, 0.4) is 0 Å². The normalized spacial score (nSPS) is 20.9. The first-order valence-corrected chi connectivity index (χ1v) is 9.68. The highest BCUT2D eigenvalue weighted by molar-refractivity contribution is 7.95. The maximum atomic E-state index is 13.6. The molecule has 0 aliphatic carbocycles. The summed E-state index contributed by atoms with van der Waals surface area (Å²) >= 11 is 0. The van der Waals surface area contributed by atoms with Crippen molar-refractivity contribution in [1.29, 1.82) is 0 Å². The summed E-state index contributed by atoms with van der Waals surface area (Å²) in [6, 6.07) is 0. The van der Waals surface area contributed by atoms with Crippen LogP contribution in [0.25, 0.3) is 0 Å².